The average Bonchev–Trinajstić information content (AvgIpc) is 3.36. The first-order chi connectivity index (χ1) is 16.5. The molecule has 4 rings (SSSR count). The Labute approximate surface area is 201 Å². The fraction of sp³-hybridized carbons (Fsp3) is 0.160. The smallest absolute Gasteiger partial charge is 0.269 e. The summed E-state index contributed by atoms with van der Waals surface area (Å²) < 4.78 is 1.54. The summed E-state index contributed by atoms with van der Waals surface area (Å²) in [6.07, 6.45) is 3.31. The monoisotopic (exact) mass is 472 g/mol. The maximum absolute atomic E-state index is 12.9. The van der Waals surface area contributed by atoms with Crippen molar-refractivity contribution in [2.75, 3.05) is 0 Å². The Hall–Kier alpha value is -3.98. The van der Waals surface area contributed by atoms with Gasteiger partial charge in [-0.15, -0.1) is 0 Å². The van der Waals surface area contributed by atoms with Gasteiger partial charge in [0.2, 0.25) is 0 Å². The third-order valence-electron chi connectivity index (χ3n) is 5.00. The van der Waals surface area contributed by atoms with Crippen LogP contribution in [0.5, 0.6) is 0 Å². The van der Waals surface area contributed by atoms with E-state index in [0.717, 1.165) is 27.7 Å². The van der Waals surface area contributed by atoms with E-state index in [9.17, 15) is 9.59 Å². The van der Waals surface area contributed by atoms with Gasteiger partial charge in [0.25, 0.3) is 11.8 Å². The normalized spacial score (nSPS) is 11.6. The Morgan fingerprint density at radius 2 is 1.65 bits per heavy atom. The molecule has 0 radical (unpaired) electrons. The number of aromatic nitrogens is 4. The molecule has 172 valence electrons. The molecule has 0 saturated carbocycles. The molecule has 0 bridgehead atoms. The Balaban J connectivity index is 1.35. The highest BCUT2D eigenvalue weighted by molar-refractivity contribution is 7.98. The Kier molecular flexibility index (Phi) is 7.34. The van der Waals surface area contributed by atoms with Crippen LogP contribution >= 0.6 is 11.8 Å². The second-order valence-corrected chi connectivity index (χ2v) is 8.60. The fourth-order valence-electron chi connectivity index (χ4n) is 3.41. The molecule has 2 amide bonds. The summed E-state index contributed by atoms with van der Waals surface area (Å²) in [5.41, 5.74) is 9.12. The van der Waals surface area contributed by atoms with Gasteiger partial charge in [0.15, 0.2) is 11.2 Å². The minimum atomic E-state index is -0.705. The second kappa shape index (κ2) is 10.8. The van der Waals surface area contributed by atoms with Crippen LogP contribution in [0.1, 0.15) is 38.9 Å². The average molecular weight is 473 g/mol. The summed E-state index contributed by atoms with van der Waals surface area (Å²) >= 11 is 1.54. The van der Waals surface area contributed by atoms with Gasteiger partial charge in [0.1, 0.15) is 0 Å². The number of hydrazine groups is 1. The molecular weight excluding hydrogens is 448 g/mol. The van der Waals surface area contributed by atoms with Crippen LogP contribution in [0, 0.1) is 13.8 Å². The van der Waals surface area contributed by atoms with E-state index in [1.807, 2.05) is 62.4 Å². The largest absolute Gasteiger partial charge is 0.270 e. The molecule has 9 heteroatoms. The zero-order valence-electron chi connectivity index (χ0n) is 18.8. The summed E-state index contributed by atoms with van der Waals surface area (Å²) in [4.78, 5) is 34.3. The molecule has 2 N–H and O–H groups in total. The minimum absolute atomic E-state index is 0.398. The number of benzene rings is 2. The van der Waals surface area contributed by atoms with E-state index in [-0.39, 0.29) is 0 Å². The lowest BCUT2D eigenvalue weighted by atomic mass is 10.1. The number of hydrogen-bond acceptors (Lipinski definition) is 6. The van der Waals surface area contributed by atoms with Gasteiger partial charge in [0.05, 0.1) is 0 Å². The molecule has 0 saturated heterocycles. The first-order valence-electron chi connectivity index (χ1n) is 10.7. The Morgan fingerprint density at radius 1 is 0.941 bits per heavy atom. The SMILES string of the molecule is Cc1cc(C)nc(SCc2ccc(C(=O)NNC(=O)C(c3ccccc3)n3cccn3)cc2)n1. The molecule has 1 unspecified atom stereocenters. The number of aryl methyl sites for hydroxylation is 2. The summed E-state index contributed by atoms with van der Waals surface area (Å²) in [5, 5.41) is 4.92. The van der Waals surface area contributed by atoms with Crippen molar-refractivity contribution < 1.29 is 9.59 Å². The van der Waals surface area contributed by atoms with Crippen molar-refractivity contribution in [3.63, 3.8) is 0 Å². The highest BCUT2D eigenvalue weighted by Gasteiger charge is 2.23. The van der Waals surface area contributed by atoms with Crippen molar-refractivity contribution in [2.24, 2.45) is 0 Å². The number of nitrogens with zero attached hydrogens (tertiary/aromatic N) is 4. The predicted octanol–water partition coefficient (Wildman–Crippen LogP) is 3.63. The summed E-state index contributed by atoms with van der Waals surface area (Å²) in [7, 11) is 0. The van der Waals surface area contributed by atoms with Crippen LogP contribution in [0.25, 0.3) is 0 Å². The van der Waals surface area contributed by atoms with Crippen molar-refractivity contribution in [1.82, 2.24) is 30.6 Å². The molecule has 0 aliphatic rings. The van der Waals surface area contributed by atoms with Gasteiger partial charge in [-0.2, -0.15) is 5.10 Å². The van der Waals surface area contributed by atoms with Crippen LogP contribution in [0.3, 0.4) is 0 Å². The minimum Gasteiger partial charge on any atom is -0.270 e. The fourth-order valence-corrected chi connectivity index (χ4v) is 4.32. The van der Waals surface area contributed by atoms with Crippen LogP contribution in [-0.2, 0) is 10.5 Å². The standard InChI is InChI=1S/C25H24N6O2S/c1-17-15-18(2)28-25(27-17)34-16-19-9-11-21(12-10-19)23(32)29-30-24(33)22(31-14-6-13-26-31)20-7-4-3-5-8-20/h3-15,22H,16H2,1-2H3,(H,29,32)(H,30,33). The molecule has 0 spiro atoms. The summed E-state index contributed by atoms with van der Waals surface area (Å²) in [6, 6.07) is 19.4. The summed E-state index contributed by atoms with van der Waals surface area (Å²) in [6.45, 7) is 3.89. The highest BCUT2D eigenvalue weighted by atomic mass is 32.2. The first kappa shape index (κ1) is 23.2. The number of thioether (sulfide) groups is 1. The number of nitrogens with one attached hydrogen (secondary N) is 2. The zero-order chi connectivity index (χ0) is 23.9. The van der Waals surface area contributed by atoms with Crippen molar-refractivity contribution in [3.05, 3.63) is 107 Å². The predicted molar refractivity (Wildman–Crippen MR) is 130 cm³/mol. The third-order valence-corrected chi connectivity index (χ3v) is 5.92. The Bertz CT molecular complexity index is 1240. The lowest BCUT2D eigenvalue weighted by Gasteiger charge is -2.18. The van der Waals surface area contributed by atoms with Crippen LogP contribution in [-0.4, -0.2) is 31.6 Å². The molecule has 4 aromatic rings. The maximum atomic E-state index is 12.9. The van der Waals surface area contributed by atoms with Crippen LogP contribution in [0.2, 0.25) is 0 Å². The zero-order valence-corrected chi connectivity index (χ0v) is 19.6. The summed E-state index contributed by atoms with van der Waals surface area (Å²) in [5.74, 6) is -0.119. The van der Waals surface area contributed by atoms with Crippen molar-refractivity contribution in [1.29, 1.82) is 0 Å². The topological polar surface area (TPSA) is 102 Å². The van der Waals surface area contributed by atoms with Gasteiger partial charge >= 0.3 is 0 Å². The van der Waals surface area contributed by atoms with E-state index in [1.54, 1.807) is 47.0 Å². The lowest BCUT2D eigenvalue weighted by Crippen LogP contribution is -2.45. The van der Waals surface area contributed by atoms with E-state index >= 15 is 0 Å². The van der Waals surface area contributed by atoms with Gasteiger partial charge in [0, 0.05) is 35.1 Å². The van der Waals surface area contributed by atoms with E-state index < -0.39 is 17.9 Å². The first-order valence-corrected chi connectivity index (χ1v) is 11.7. The Morgan fingerprint density at radius 3 is 2.29 bits per heavy atom. The van der Waals surface area contributed by atoms with E-state index in [2.05, 4.69) is 25.9 Å². The van der Waals surface area contributed by atoms with E-state index in [4.69, 9.17) is 0 Å². The maximum Gasteiger partial charge on any atom is 0.269 e. The lowest BCUT2D eigenvalue weighted by molar-refractivity contribution is -0.124. The van der Waals surface area contributed by atoms with Crippen LogP contribution in [0.15, 0.2) is 84.3 Å². The van der Waals surface area contributed by atoms with Gasteiger partial charge in [-0.05, 0) is 49.2 Å². The van der Waals surface area contributed by atoms with E-state index in [1.165, 1.54) is 0 Å². The highest BCUT2D eigenvalue weighted by Crippen LogP contribution is 2.20. The molecule has 2 heterocycles. The molecule has 2 aromatic heterocycles. The van der Waals surface area contributed by atoms with Crippen molar-refractivity contribution in [3.8, 4) is 0 Å². The van der Waals surface area contributed by atoms with Gasteiger partial charge in [-0.1, -0.05) is 54.2 Å². The molecule has 0 fully saturated rings. The molecular formula is C25H24N6O2S. The number of amides is 2. The molecule has 34 heavy (non-hydrogen) atoms. The molecule has 0 aliphatic heterocycles. The third kappa shape index (κ3) is 5.87. The number of hydrogen-bond donors (Lipinski definition) is 2. The number of carbonyl (C=O) groups excluding carboxylic acids is 2. The number of carbonyl (C=O) groups is 2. The van der Waals surface area contributed by atoms with Gasteiger partial charge in [-0.3, -0.25) is 25.1 Å². The molecule has 2 aromatic carbocycles. The van der Waals surface area contributed by atoms with Crippen LogP contribution in [0.4, 0.5) is 0 Å². The molecule has 8 nitrogen and oxygen atoms in total. The molecule has 0 aliphatic carbocycles. The van der Waals surface area contributed by atoms with Crippen molar-refractivity contribution >= 4 is 23.6 Å². The van der Waals surface area contributed by atoms with Crippen LogP contribution < -0.4 is 10.9 Å². The molecule has 1 atom stereocenters. The second-order valence-electron chi connectivity index (χ2n) is 7.66. The van der Waals surface area contributed by atoms with Crippen molar-refractivity contribution in [2.45, 2.75) is 30.8 Å². The number of rotatable bonds is 7. The quantitative estimate of drug-likeness (QED) is 0.242. The van der Waals surface area contributed by atoms with Gasteiger partial charge < -0.3 is 0 Å². The van der Waals surface area contributed by atoms with Gasteiger partial charge in [-0.25, -0.2) is 9.97 Å². The van der Waals surface area contributed by atoms with E-state index in [0.29, 0.717) is 11.3 Å².